The van der Waals surface area contributed by atoms with Gasteiger partial charge >= 0.3 is 0 Å². The zero-order valence-electron chi connectivity index (χ0n) is 7.47. The van der Waals surface area contributed by atoms with Crippen LogP contribution >= 0.6 is 27.5 Å². The quantitative estimate of drug-likeness (QED) is 0.658. The van der Waals surface area contributed by atoms with Crippen LogP contribution in [0.3, 0.4) is 0 Å². The number of benzene rings is 1. The molecule has 1 atom stereocenters. The van der Waals surface area contributed by atoms with Crippen molar-refractivity contribution in [3.63, 3.8) is 0 Å². The van der Waals surface area contributed by atoms with Crippen LogP contribution in [0.5, 0.6) is 5.75 Å². The Morgan fingerprint density at radius 2 is 2.15 bits per heavy atom. The molecule has 1 unspecified atom stereocenters. The maximum Gasteiger partial charge on any atom is 0.137 e. The number of rotatable bonds is 2. The number of aryl methyl sites for hydroxylation is 1. The molecule has 0 aromatic heterocycles. The maximum absolute atomic E-state index is 5.94. The molecule has 1 rings (SSSR count). The van der Waals surface area contributed by atoms with Crippen LogP contribution in [0.1, 0.15) is 16.1 Å². The molecule has 2 N–H and O–H groups in total. The lowest BCUT2D eigenvalue weighted by Gasteiger charge is -2.11. The molecular formula is C9H11BrClNO. The average molecular weight is 265 g/mol. The molecule has 72 valence electrons. The van der Waals surface area contributed by atoms with Gasteiger partial charge in [0.25, 0.3) is 0 Å². The fraction of sp³-hybridized carbons (Fsp3) is 0.333. The van der Waals surface area contributed by atoms with Crippen molar-refractivity contribution in [2.24, 2.45) is 5.73 Å². The molecule has 0 bridgehead atoms. The Bertz CT molecular complexity index is 315. The first-order chi connectivity index (χ1) is 6.06. The molecule has 13 heavy (non-hydrogen) atoms. The lowest BCUT2D eigenvalue weighted by molar-refractivity contribution is 0.414. The molecule has 1 aromatic rings. The average Bonchev–Trinajstić information content (AvgIpc) is 2.07. The molecule has 0 saturated carbocycles. The number of alkyl halides is 1. The van der Waals surface area contributed by atoms with E-state index >= 15 is 0 Å². The van der Waals surface area contributed by atoms with Gasteiger partial charge in [0.05, 0.1) is 17.1 Å². The van der Waals surface area contributed by atoms with Crippen LogP contribution in [-0.4, -0.2) is 7.11 Å². The fourth-order valence-corrected chi connectivity index (χ4v) is 1.87. The van der Waals surface area contributed by atoms with Gasteiger partial charge in [0.2, 0.25) is 0 Å². The van der Waals surface area contributed by atoms with Crippen molar-refractivity contribution < 1.29 is 4.74 Å². The van der Waals surface area contributed by atoms with E-state index in [4.69, 9.17) is 22.1 Å². The second-order valence-corrected chi connectivity index (χ2v) is 4.14. The van der Waals surface area contributed by atoms with Crippen molar-refractivity contribution in [2.45, 2.75) is 11.9 Å². The lowest BCUT2D eigenvalue weighted by atomic mass is 10.1. The van der Waals surface area contributed by atoms with Crippen LogP contribution in [0.15, 0.2) is 12.1 Å². The van der Waals surface area contributed by atoms with Gasteiger partial charge in [0.15, 0.2) is 0 Å². The van der Waals surface area contributed by atoms with Crippen molar-refractivity contribution >= 4 is 27.5 Å². The molecule has 2 nitrogen and oxygen atoms in total. The third-order valence-electron chi connectivity index (χ3n) is 1.84. The first-order valence-electron chi connectivity index (χ1n) is 3.80. The standard InChI is InChI=1S/C9H11BrClNO/c1-5-3-8(13-2)7(11)4-6(5)9(10)12/h3-4,9H,12H2,1-2H3. The number of halogens is 2. The number of methoxy groups -OCH3 is 1. The molecule has 0 aliphatic heterocycles. The van der Waals surface area contributed by atoms with Crippen molar-refractivity contribution in [2.75, 3.05) is 7.11 Å². The minimum atomic E-state index is -0.184. The summed E-state index contributed by atoms with van der Waals surface area (Å²) >= 11 is 9.24. The minimum Gasteiger partial charge on any atom is -0.495 e. The van der Waals surface area contributed by atoms with Gasteiger partial charge in [-0.25, -0.2) is 0 Å². The Morgan fingerprint density at radius 1 is 1.54 bits per heavy atom. The predicted molar refractivity (Wildman–Crippen MR) is 58.6 cm³/mol. The van der Waals surface area contributed by atoms with Gasteiger partial charge in [-0.1, -0.05) is 27.5 Å². The zero-order valence-corrected chi connectivity index (χ0v) is 9.82. The second kappa shape index (κ2) is 4.31. The van der Waals surface area contributed by atoms with Crippen LogP contribution in [0.25, 0.3) is 0 Å². The molecule has 4 heteroatoms. The summed E-state index contributed by atoms with van der Waals surface area (Å²) in [5, 5.41) is 0.581. The predicted octanol–water partition coefficient (Wildman–Crippen LogP) is 3.01. The molecule has 0 aliphatic carbocycles. The van der Waals surface area contributed by atoms with Crippen molar-refractivity contribution in [1.82, 2.24) is 0 Å². The molecular weight excluding hydrogens is 253 g/mol. The number of nitrogens with two attached hydrogens (primary N) is 1. The fourth-order valence-electron chi connectivity index (χ4n) is 1.12. The van der Waals surface area contributed by atoms with Gasteiger partial charge in [-0.15, -0.1) is 0 Å². The minimum absolute atomic E-state index is 0.184. The third kappa shape index (κ3) is 2.36. The molecule has 0 saturated heterocycles. The normalized spacial score (nSPS) is 12.7. The Morgan fingerprint density at radius 3 is 2.62 bits per heavy atom. The number of hydrogen-bond acceptors (Lipinski definition) is 2. The van der Waals surface area contributed by atoms with E-state index in [9.17, 15) is 0 Å². The SMILES string of the molecule is COc1cc(C)c(C(N)Br)cc1Cl. The van der Waals surface area contributed by atoms with Crippen molar-refractivity contribution in [3.8, 4) is 5.75 Å². The van der Waals surface area contributed by atoms with E-state index in [-0.39, 0.29) is 4.95 Å². The Hall–Kier alpha value is -0.250. The van der Waals surface area contributed by atoms with Crippen molar-refractivity contribution in [3.05, 3.63) is 28.3 Å². The summed E-state index contributed by atoms with van der Waals surface area (Å²) in [6, 6.07) is 3.69. The Kier molecular flexibility index (Phi) is 3.59. The van der Waals surface area contributed by atoms with E-state index in [0.717, 1.165) is 11.1 Å². The monoisotopic (exact) mass is 263 g/mol. The zero-order chi connectivity index (χ0) is 10.0. The molecule has 0 fully saturated rings. The summed E-state index contributed by atoms with van der Waals surface area (Å²) in [5.74, 6) is 0.677. The summed E-state index contributed by atoms with van der Waals surface area (Å²) in [5.41, 5.74) is 7.73. The van der Waals surface area contributed by atoms with Crippen LogP contribution in [0, 0.1) is 6.92 Å². The van der Waals surface area contributed by atoms with E-state index in [0.29, 0.717) is 10.8 Å². The largest absolute Gasteiger partial charge is 0.495 e. The van der Waals surface area contributed by atoms with Gasteiger partial charge in [-0.3, -0.25) is 0 Å². The van der Waals surface area contributed by atoms with E-state index < -0.39 is 0 Å². The lowest BCUT2D eigenvalue weighted by Crippen LogP contribution is -2.04. The number of ether oxygens (including phenoxy) is 1. The van der Waals surface area contributed by atoms with Crippen LogP contribution in [0.2, 0.25) is 5.02 Å². The highest BCUT2D eigenvalue weighted by atomic mass is 79.9. The Labute approximate surface area is 91.2 Å². The van der Waals surface area contributed by atoms with Crippen LogP contribution in [-0.2, 0) is 0 Å². The molecule has 0 aliphatic rings. The highest BCUT2D eigenvalue weighted by Crippen LogP contribution is 2.31. The summed E-state index contributed by atoms with van der Waals surface area (Å²) in [4.78, 5) is -0.184. The van der Waals surface area contributed by atoms with Gasteiger partial charge in [0.1, 0.15) is 5.75 Å². The molecule has 0 radical (unpaired) electrons. The second-order valence-electron chi connectivity index (χ2n) is 2.75. The first-order valence-corrected chi connectivity index (χ1v) is 5.09. The van der Waals surface area contributed by atoms with Gasteiger partial charge in [0, 0.05) is 0 Å². The van der Waals surface area contributed by atoms with E-state index in [1.54, 1.807) is 7.11 Å². The van der Waals surface area contributed by atoms with Crippen LogP contribution in [0.4, 0.5) is 0 Å². The summed E-state index contributed by atoms with van der Waals surface area (Å²) < 4.78 is 5.07. The topological polar surface area (TPSA) is 35.2 Å². The molecule has 0 heterocycles. The van der Waals surface area contributed by atoms with E-state index in [2.05, 4.69) is 15.9 Å². The Balaban J connectivity index is 3.20. The highest BCUT2D eigenvalue weighted by molar-refractivity contribution is 9.09. The number of hydrogen-bond donors (Lipinski definition) is 1. The van der Waals surface area contributed by atoms with E-state index in [1.165, 1.54) is 0 Å². The summed E-state index contributed by atoms with van der Waals surface area (Å²) in [6.45, 7) is 1.97. The summed E-state index contributed by atoms with van der Waals surface area (Å²) in [6.07, 6.45) is 0. The first kappa shape index (κ1) is 10.8. The highest BCUT2D eigenvalue weighted by Gasteiger charge is 2.09. The maximum atomic E-state index is 5.94. The van der Waals surface area contributed by atoms with E-state index in [1.807, 2.05) is 19.1 Å². The van der Waals surface area contributed by atoms with Gasteiger partial charge in [-0.2, -0.15) is 0 Å². The van der Waals surface area contributed by atoms with Crippen LogP contribution < -0.4 is 10.5 Å². The van der Waals surface area contributed by atoms with Gasteiger partial charge in [-0.05, 0) is 30.2 Å². The third-order valence-corrected chi connectivity index (χ3v) is 2.63. The summed E-state index contributed by atoms with van der Waals surface area (Å²) in [7, 11) is 1.59. The van der Waals surface area contributed by atoms with Gasteiger partial charge < -0.3 is 10.5 Å². The molecule has 0 spiro atoms. The molecule has 1 aromatic carbocycles. The smallest absolute Gasteiger partial charge is 0.137 e. The van der Waals surface area contributed by atoms with Crippen molar-refractivity contribution in [1.29, 1.82) is 0 Å². The molecule has 0 amide bonds.